The molecule has 0 aromatic heterocycles. The van der Waals surface area contributed by atoms with E-state index in [9.17, 15) is 8.42 Å². The van der Waals surface area contributed by atoms with E-state index in [0.29, 0.717) is 0 Å². The van der Waals surface area contributed by atoms with Gasteiger partial charge in [-0.3, -0.25) is 0 Å². The molecule has 0 spiro atoms. The van der Waals surface area contributed by atoms with Crippen LogP contribution in [0.2, 0.25) is 0 Å². The first-order valence-electron chi connectivity index (χ1n) is 9.65. The molecule has 0 atom stereocenters. The lowest BCUT2D eigenvalue weighted by atomic mass is 10.0. The van der Waals surface area contributed by atoms with Crippen LogP contribution in [0.4, 0.5) is 0 Å². The highest BCUT2D eigenvalue weighted by Crippen LogP contribution is 2.21. The van der Waals surface area contributed by atoms with Gasteiger partial charge in [-0.25, -0.2) is 8.42 Å². The minimum Gasteiger partial charge on any atom is -1.00 e. The molecule has 0 aliphatic heterocycles. The number of nitrogens with zero attached hydrogens (tertiary/aromatic N) is 1. The molecular weight excluding hydrogens is 418 g/mol. The predicted molar refractivity (Wildman–Crippen MR) is 110 cm³/mol. The van der Waals surface area contributed by atoms with Gasteiger partial charge in [0, 0.05) is 29.8 Å². The third-order valence-electron chi connectivity index (χ3n) is 4.08. The van der Waals surface area contributed by atoms with Crippen molar-refractivity contribution in [2.24, 2.45) is 17.8 Å². The number of hydrogen-bond acceptors (Lipinski definition) is 3. The monoisotopic (exact) mass is 459 g/mol. The standard InChI is InChI=1S/C19H42NO2S2.BrH/c1-17(2)14-20(15-18(3)4,16-19(5)6)12-10-8-9-11-13-23-24(7,21)22;/h17-19H,8-16H2,1-7H3;1H/q+1;/p-1. The van der Waals surface area contributed by atoms with E-state index >= 15 is 0 Å². The van der Waals surface area contributed by atoms with Crippen LogP contribution in [0.1, 0.15) is 67.2 Å². The Balaban J connectivity index is 0. The minimum atomic E-state index is -2.87. The Kier molecular flexibility index (Phi) is 15.5. The second kappa shape index (κ2) is 13.8. The molecule has 3 nitrogen and oxygen atoms in total. The lowest BCUT2D eigenvalue weighted by molar-refractivity contribution is -0.936. The molecule has 0 saturated heterocycles. The molecular formula is C19H42BrNO2S2. The van der Waals surface area contributed by atoms with Gasteiger partial charge in [0.1, 0.15) is 0 Å². The van der Waals surface area contributed by atoms with E-state index in [1.54, 1.807) is 0 Å². The molecule has 0 saturated carbocycles. The summed E-state index contributed by atoms with van der Waals surface area (Å²) in [4.78, 5) is 0. The summed E-state index contributed by atoms with van der Waals surface area (Å²) >= 11 is 0. The van der Waals surface area contributed by atoms with Crippen molar-refractivity contribution < 1.29 is 29.9 Å². The van der Waals surface area contributed by atoms with E-state index in [1.165, 1.54) is 49.8 Å². The average molecular weight is 461 g/mol. The number of quaternary nitrogens is 1. The van der Waals surface area contributed by atoms with Gasteiger partial charge in [0.15, 0.2) is 8.87 Å². The molecule has 25 heavy (non-hydrogen) atoms. The Bertz CT molecular complexity index is 397. The molecule has 0 bridgehead atoms. The van der Waals surface area contributed by atoms with Crippen LogP contribution >= 0.6 is 10.8 Å². The summed E-state index contributed by atoms with van der Waals surface area (Å²) in [5.41, 5.74) is 0. The summed E-state index contributed by atoms with van der Waals surface area (Å²) in [5, 5.41) is 0. The van der Waals surface area contributed by atoms with Crippen LogP contribution < -0.4 is 17.0 Å². The third kappa shape index (κ3) is 16.6. The summed E-state index contributed by atoms with van der Waals surface area (Å²) in [6, 6.07) is 0. The smallest absolute Gasteiger partial charge is 0.198 e. The van der Waals surface area contributed by atoms with E-state index < -0.39 is 8.87 Å². The largest absolute Gasteiger partial charge is 1.00 e. The number of unbranched alkanes of at least 4 members (excludes halogenated alkanes) is 3. The summed E-state index contributed by atoms with van der Waals surface area (Å²) in [5.74, 6) is 2.93. The van der Waals surface area contributed by atoms with E-state index in [-0.39, 0.29) is 17.0 Å². The molecule has 154 valence electrons. The van der Waals surface area contributed by atoms with Gasteiger partial charge in [0.25, 0.3) is 0 Å². The van der Waals surface area contributed by atoms with Gasteiger partial charge in [0.05, 0.1) is 26.2 Å². The zero-order valence-corrected chi connectivity index (χ0v) is 20.8. The molecule has 0 rings (SSSR count). The zero-order valence-electron chi connectivity index (χ0n) is 17.6. The first-order valence-corrected chi connectivity index (χ1v) is 13.0. The van der Waals surface area contributed by atoms with Crippen molar-refractivity contribution in [2.75, 3.05) is 38.2 Å². The lowest BCUT2D eigenvalue weighted by Crippen LogP contribution is -3.00. The first-order chi connectivity index (χ1) is 11.0. The Morgan fingerprint density at radius 3 is 1.52 bits per heavy atom. The highest BCUT2D eigenvalue weighted by atomic mass is 79.9. The van der Waals surface area contributed by atoms with Gasteiger partial charge in [-0.2, -0.15) is 0 Å². The maximum Gasteiger partial charge on any atom is 0.198 e. The molecule has 6 heteroatoms. The summed E-state index contributed by atoms with van der Waals surface area (Å²) in [6.07, 6.45) is 5.94. The molecule has 0 amide bonds. The van der Waals surface area contributed by atoms with Gasteiger partial charge < -0.3 is 21.5 Å². The Morgan fingerprint density at radius 2 is 1.16 bits per heavy atom. The maximum absolute atomic E-state index is 11.1. The van der Waals surface area contributed by atoms with Gasteiger partial charge >= 0.3 is 0 Å². The van der Waals surface area contributed by atoms with E-state index in [1.807, 2.05) is 0 Å². The molecule has 0 aliphatic carbocycles. The Morgan fingerprint density at radius 1 is 0.760 bits per heavy atom. The highest BCUT2D eigenvalue weighted by Gasteiger charge is 2.30. The molecule has 0 heterocycles. The molecule has 0 radical (unpaired) electrons. The summed E-state index contributed by atoms with van der Waals surface area (Å²) in [6.45, 7) is 19.2. The van der Waals surface area contributed by atoms with Crippen LogP contribution in [-0.4, -0.2) is 51.1 Å². The number of halogens is 1. The fourth-order valence-electron chi connectivity index (χ4n) is 3.93. The zero-order chi connectivity index (χ0) is 18.8. The molecule has 0 aromatic rings. The van der Waals surface area contributed by atoms with Crippen molar-refractivity contribution in [1.82, 2.24) is 0 Å². The van der Waals surface area contributed by atoms with Crippen LogP contribution in [0.25, 0.3) is 0 Å². The summed E-state index contributed by atoms with van der Waals surface area (Å²) in [7, 11) is -1.78. The Hall–Kier alpha value is 0.740. The highest BCUT2D eigenvalue weighted by molar-refractivity contribution is 8.71. The quantitative estimate of drug-likeness (QED) is 0.226. The molecule has 0 N–H and O–H groups in total. The fourth-order valence-corrected chi connectivity index (χ4v) is 5.82. The minimum absolute atomic E-state index is 0. The first kappa shape index (κ1) is 28.0. The lowest BCUT2D eigenvalue weighted by Gasteiger charge is -2.43. The van der Waals surface area contributed by atoms with Crippen molar-refractivity contribution in [3.05, 3.63) is 0 Å². The third-order valence-corrected chi connectivity index (χ3v) is 6.75. The van der Waals surface area contributed by atoms with Gasteiger partial charge in [0.2, 0.25) is 0 Å². The van der Waals surface area contributed by atoms with Crippen LogP contribution in [0.5, 0.6) is 0 Å². The van der Waals surface area contributed by atoms with E-state index in [2.05, 4.69) is 41.5 Å². The van der Waals surface area contributed by atoms with Crippen LogP contribution in [0.3, 0.4) is 0 Å². The number of hydrogen-bond donors (Lipinski definition) is 0. The fraction of sp³-hybridized carbons (Fsp3) is 1.00. The van der Waals surface area contributed by atoms with E-state index in [0.717, 1.165) is 47.1 Å². The second-order valence-corrected chi connectivity index (χ2v) is 13.3. The average Bonchev–Trinajstić information content (AvgIpc) is 2.33. The maximum atomic E-state index is 11.1. The van der Waals surface area contributed by atoms with Crippen molar-refractivity contribution in [2.45, 2.75) is 67.2 Å². The van der Waals surface area contributed by atoms with Gasteiger partial charge in [-0.1, -0.05) is 48.0 Å². The molecule has 0 unspecified atom stereocenters. The van der Waals surface area contributed by atoms with Crippen molar-refractivity contribution in [1.29, 1.82) is 0 Å². The SMILES string of the molecule is CC(C)C[N+](CCCCCCSS(C)(=O)=O)(CC(C)C)CC(C)C.[Br-]. The van der Waals surface area contributed by atoms with Crippen LogP contribution in [0, 0.1) is 17.8 Å². The summed E-state index contributed by atoms with van der Waals surface area (Å²) < 4.78 is 23.5. The second-order valence-electron chi connectivity index (χ2n) is 8.73. The molecule has 0 fully saturated rings. The van der Waals surface area contributed by atoms with Crippen molar-refractivity contribution in [3.8, 4) is 0 Å². The normalized spacial score (nSPS) is 12.9. The molecule has 0 aliphatic rings. The Labute approximate surface area is 172 Å². The van der Waals surface area contributed by atoms with Crippen LogP contribution in [-0.2, 0) is 8.87 Å². The van der Waals surface area contributed by atoms with Crippen molar-refractivity contribution >= 4 is 19.7 Å². The van der Waals surface area contributed by atoms with Gasteiger partial charge in [-0.15, -0.1) is 0 Å². The van der Waals surface area contributed by atoms with Gasteiger partial charge in [-0.05, 0) is 30.1 Å². The topological polar surface area (TPSA) is 34.1 Å². The van der Waals surface area contributed by atoms with Crippen LogP contribution in [0.15, 0.2) is 0 Å². The van der Waals surface area contributed by atoms with E-state index in [4.69, 9.17) is 0 Å². The number of rotatable bonds is 14. The van der Waals surface area contributed by atoms with Crippen molar-refractivity contribution in [3.63, 3.8) is 0 Å². The molecule has 0 aromatic carbocycles. The predicted octanol–water partition coefficient (Wildman–Crippen LogP) is 2.03.